The predicted molar refractivity (Wildman–Crippen MR) is 70.5 cm³/mol. The first-order valence-electron chi connectivity index (χ1n) is 6.42. The fraction of sp³-hybridized carbons (Fsp3) is 0.462. The van der Waals surface area contributed by atoms with Crippen LogP contribution in [0, 0.1) is 11.7 Å². The maximum absolute atomic E-state index is 13.7. The first-order valence-corrected chi connectivity index (χ1v) is 7.91. The Balaban J connectivity index is 2.02. The lowest BCUT2D eigenvalue weighted by atomic mass is 10.2. The zero-order valence-electron chi connectivity index (χ0n) is 10.8. The van der Waals surface area contributed by atoms with Crippen molar-refractivity contribution in [3.05, 3.63) is 29.6 Å². The summed E-state index contributed by atoms with van der Waals surface area (Å²) in [6.07, 6.45) is 4.11. The van der Waals surface area contributed by atoms with Crippen LogP contribution in [0.5, 0.6) is 0 Å². The van der Waals surface area contributed by atoms with Crippen LogP contribution in [0.1, 0.15) is 36.0 Å². The van der Waals surface area contributed by atoms with Crippen molar-refractivity contribution in [3.8, 4) is 0 Å². The Morgan fingerprint density at radius 2 is 2.10 bits per heavy atom. The van der Waals surface area contributed by atoms with Crippen molar-refractivity contribution in [3.63, 3.8) is 0 Å². The standard InChI is InChI=1S/C13H16FNO4S/c14-11-8-10(13(16)17)5-6-12(11)20(18,19)15-7-1-2-9-3-4-9/h5-6,8-9,15H,1-4,7H2,(H,16,17). The smallest absolute Gasteiger partial charge is 0.335 e. The summed E-state index contributed by atoms with van der Waals surface area (Å²) < 4.78 is 39.8. The second-order valence-electron chi connectivity index (χ2n) is 4.93. The minimum absolute atomic E-state index is 0.263. The van der Waals surface area contributed by atoms with E-state index in [1.807, 2.05) is 0 Å². The van der Waals surface area contributed by atoms with Crippen molar-refractivity contribution < 1.29 is 22.7 Å². The Morgan fingerprint density at radius 1 is 1.40 bits per heavy atom. The summed E-state index contributed by atoms with van der Waals surface area (Å²) in [6.45, 7) is 0.263. The van der Waals surface area contributed by atoms with Gasteiger partial charge in [-0.1, -0.05) is 12.8 Å². The van der Waals surface area contributed by atoms with Crippen molar-refractivity contribution >= 4 is 16.0 Å². The van der Waals surface area contributed by atoms with E-state index in [4.69, 9.17) is 5.11 Å². The monoisotopic (exact) mass is 301 g/mol. The van der Waals surface area contributed by atoms with Gasteiger partial charge in [-0.05, 0) is 37.0 Å². The topological polar surface area (TPSA) is 83.5 Å². The minimum Gasteiger partial charge on any atom is -0.478 e. The molecule has 0 heterocycles. The third kappa shape index (κ3) is 3.77. The lowest BCUT2D eigenvalue weighted by molar-refractivity contribution is 0.0696. The number of benzene rings is 1. The zero-order valence-corrected chi connectivity index (χ0v) is 11.6. The third-order valence-corrected chi connectivity index (χ3v) is 4.74. The summed E-state index contributed by atoms with van der Waals surface area (Å²) in [5.74, 6) is -1.64. The first kappa shape index (κ1) is 14.9. The molecular formula is C13H16FNO4S. The Labute approximate surface area is 116 Å². The third-order valence-electron chi connectivity index (χ3n) is 3.25. The fourth-order valence-electron chi connectivity index (χ4n) is 1.93. The van der Waals surface area contributed by atoms with Gasteiger partial charge in [-0.15, -0.1) is 0 Å². The summed E-state index contributed by atoms with van der Waals surface area (Å²) in [4.78, 5) is 10.1. The van der Waals surface area contributed by atoms with E-state index in [9.17, 15) is 17.6 Å². The molecule has 2 rings (SSSR count). The number of nitrogens with one attached hydrogen (secondary N) is 1. The highest BCUT2D eigenvalue weighted by molar-refractivity contribution is 7.89. The van der Waals surface area contributed by atoms with E-state index >= 15 is 0 Å². The van der Waals surface area contributed by atoms with Crippen LogP contribution in [0.4, 0.5) is 4.39 Å². The fourth-order valence-corrected chi connectivity index (χ4v) is 3.06. The van der Waals surface area contributed by atoms with E-state index in [2.05, 4.69) is 4.72 Å². The number of carboxylic acid groups (broad SMARTS) is 1. The van der Waals surface area contributed by atoms with Crippen LogP contribution in [-0.2, 0) is 10.0 Å². The number of hydrogen-bond acceptors (Lipinski definition) is 3. The number of carboxylic acids is 1. The van der Waals surface area contributed by atoms with E-state index in [1.165, 1.54) is 12.8 Å². The van der Waals surface area contributed by atoms with Gasteiger partial charge in [0.2, 0.25) is 10.0 Å². The van der Waals surface area contributed by atoms with E-state index < -0.39 is 26.7 Å². The lowest BCUT2D eigenvalue weighted by Gasteiger charge is -2.08. The summed E-state index contributed by atoms with van der Waals surface area (Å²) in [6, 6.07) is 2.76. The van der Waals surface area contributed by atoms with Gasteiger partial charge in [0, 0.05) is 6.54 Å². The Morgan fingerprint density at radius 3 is 2.65 bits per heavy atom. The van der Waals surface area contributed by atoms with Gasteiger partial charge < -0.3 is 5.11 Å². The molecule has 0 saturated heterocycles. The zero-order chi connectivity index (χ0) is 14.8. The predicted octanol–water partition coefficient (Wildman–Crippen LogP) is 1.99. The number of sulfonamides is 1. The largest absolute Gasteiger partial charge is 0.478 e. The van der Waals surface area contributed by atoms with Gasteiger partial charge in [-0.2, -0.15) is 0 Å². The molecule has 1 aromatic carbocycles. The van der Waals surface area contributed by atoms with Crippen LogP contribution in [-0.4, -0.2) is 26.0 Å². The molecule has 1 aliphatic carbocycles. The van der Waals surface area contributed by atoms with Crippen LogP contribution < -0.4 is 4.72 Å². The highest BCUT2D eigenvalue weighted by Gasteiger charge is 2.22. The molecular weight excluding hydrogens is 285 g/mol. The summed E-state index contributed by atoms with van der Waals surface area (Å²) >= 11 is 0. The SMILES string of the molecule is O=C(O)c1ccc(S(=O)(=O)NCCCC2CC2)c(F)c1. The van der Waals surface area contributed by atoms with Crippen LogP contribution in [0.2, 0.25) is 0 Å². The Hall–Kier alpha value is -1.47. The van der Waals surface area contributed by atoms with Gasteiger partial charge in [-0.25, -0.2) is 22.3 Å². The molecule has 0 unspecified atom stereocenters. The van der Waals surface area contributed by atoms with Gasteiger partial charge in [0.15, 0.2) is 0 Å². The molecule has 0 aromatic heterocycles. The second-order valence-corrected chi connectivity index (χ2v) is 6.67. The Kier molecular flexibility index (Phi) is 4.39. The number of halogens is 1. The second kappa shape index (κ2) is 5.88. The normalized spacial score (nSPS) is 15.2. The number of carbonyl (C=O) groups is 1. The average molecular weight is 301 g/mol. The molecule has 20 heavy (non-hydrogen) atoms. The van der Waals surface area contributed by atoms with Crippen molar-refractivity contribution in [2.45, 2.75) is 30.6 Å². The van der Waals surface area contributed by atoms with Crippen molar-refractivity contribution in [2.24, 2.45) is 5.92 Å². The van der Waals surface area contributed by atoms with Crippen molar-refractivity contribution in [1.82, 2.24) is 4.72 Å². The summed E-state index contributed by atoms with van der Waals surface area (Å²) in [5.41, 5.74) is -0.282. The van der Waals surface area contributed by atoms with E-state index in [-0.39, 0.29) is 12.1 Å². The molecule has 0 bridgehead atoms. The van der Waals surface area contributed by atoms with Gasteiger partial charge in [-0.3, -0.25) is 0 Å². The quantitative estimate of drug-likeness (QED) is 0.754. The lowest BCUT2D eigenvalue weighted by Crippen LogP contribution is -2.26. The number of aromatic carboxylic acids is 1. The van der Waals surface area contributed by atoms with Crippen LogP contribution in [0.25, 0.3) is 0 Å². The Bertz CT molecular complexity index is 611. The minimum atomic E-state index is -3.93. The van der Waals surface area contributed by atoms with E-state index in [0.29, 0.717) is 12.0 Å². The summed E-state index contributed by atoms with van der Waals surface area (Å²) in [7, 11) is -3.93. The summed E-state index contributed by atoms with van der Waals surface area (Å²) in [5, 5.41) is 8.70. The molecule has 1 aromatic rings. The average Bonchev–Trinajstić information content (AvgIpc) is 3.18. The highest BCUT2D eigenvalue weighted by atomic mass is 32.2. The molecule has 5 nitrogen and oxygen atoms in total. The van der Waals surface area contributed by atoms with Gasteiger partial charge in [0.25, 0.3) is 0 Å². The molecule has 7 heteroatoms. The number of rotatable bonds is 7. The van der Waals surface area contributed by atoms with Gasteiger partial charge in [0.05, 0.1) is 5.56 Å². The van der Waals surface area contributed by atoms with E-state index in [0.717, 1.165) is 25.0 Å². The molecule has 1 saturated carbocycles. The molecule has 0 radical (unpaired) electrons. The van der Waals surface area contributed by atoms with Crippen LogP contribution >= 0.6 is 0 Å². The highest BCUT2D eigenvalue weighted by Crippen LogP contribution is 2.33. The molecule has 2 N–H and O–H groups in total. The van der Waals surface area contributed by atoms with Crippen molar-refractivity contribution in [2.75, 3.05) is 6.54 Å². The molecule has 110 valence electrons. The molecule has 1 aliphatic rings. The molecule has 0 aliphatic heterocycles. The van der Waals surface area contributed by atoms with Gasteiger partial charge in [0.1, 0.15) is 10.7 Å². The van der Waals surface area contributed by atoms with Crippen LogP contribution in [0.3, 0.4) is 0 Å². The first-order chi connectivity index (χ1) is 9.40. The molecule has 1 fully saturated rings. The maximum atomic E-state index is 13.7. The molecule has 0 atom stereocenters. The van der Waals surface area contributed by atoms with Crippen LogP contribution in [0.15, 0.2) is 23.1 Å². The van der Waals surface area contributed by atoms with E-state index in [1.54, 1.807) is 0 Å². The number of hydrogen-bond donors (Lipinski definition) is 2. The van der Waals surface area contributed by atoms with Crippen molar-refractivity contribution in [1.29, 1.82) is 0 Å². The maximum Gasteiger partial charge on any atom is 0.335 e. The molecule has 0 amide bonds. The van der Waals surface area contributed by atoms with Gasteiger partial charge >= 0.3 is 5.97 Å². The molecule has 0 spiro atoms.